The maximum atomic E-state index is 13.1. The molecule has 0 fully saturated rings. The lowest BCUT2D eigenvalue weighted by Crippen LogP contribution is -2.15. The van der Waals surface area contributed by atoms with Crippen molar-refractivity contribution < 1.29 is 32.6 Å². The zero-order valence-electron chi connectivity index (χ0n) is 8.12. The van der Waals surface area contributed by atoms with E-state index in [2.05, 4.69) is 0 Å². The Hall–Kier alpha value is -1.83. The minimum absolute atomic E-state index is 0.247. The predicted octanol–water partition coefficient (Wildman–Crippen LogP) is 1.54. The molecule has 0 aromatic heterocycles. The number of rotatable bonds is 2. The molecule has 1 aromatic carbocycles. The smallest absolute Gasteiger partial charge is 0.419 e. The van der Waals surface area contributed by atoms with Gasteiger partial charge in [-0.05, 0) is 12.1 Å². The quantitative estimate of drug-likeness (QED) is 0.551. The van der Waals surface area contributed by atoms with Crippen LogP contribution in [0.3, 0.4) is 0 Å². The van der Waals surface area contributed by atoms with Crippen LogP contribution in [-0.2, 0) is 11.0 Å². The van der Waals surface area contributed by atoms with Crippen LogP contribution in [-0.4, -0.2) is 16.2 Å². The van der Waals surface area contributed by atoms with E-state index in [0.717, 1.165) is 0 Å². The highest BCUT2D eigenvalue weighted by Gasteiger charge is 2.35. The number of hydrogen-bond acceptors (Lipinski definition) is 3. The summed E-state index contributed by atoms with van der Waals surface area (Å²) < 4.78 is 49.8. The van der Waals surface area contributed by atoms with Gasteiger partial charge in [-0.15, -0.1) is 0 Å². The molecule has 0 spiro atoms. The molecule has 0 bridgehead atoms. The van der Waals surface area contributed by atoms with Crippen LogP contribution in [0.25, 0.3) is 0 Å². The third-order valence-corrected chi connectivity index (χ3v) is 2.01. The van der Waals surface area contributed by atoms with Gasteiger partial charge in [0.25, 0.3) is 0 Å². The monoisotopic (exact) mass is 253 g/mol. The Labute approximate surface area is 92.3 Å². The fourth-order valence-electron chi connectivity index (χ4n) is 1.19. The Morgan fingerprint density at radius 2 is 1.88 bits per heavy atom. The zero-order valence-corrected chi connectivity index (χ0v) is 8.12. The van der Waals surface area contributed by atoms with E-state index in [1.807, 2.05) is 0 Å². The topological polar surface area (TPSA) is 83.5 Å². The van der Waals surface area contributed by atoms with E-state index in [-0.39, 0.29) is 12.1 Å². The van der Waals surface area contributed by atoms with Gasteiger partial charge in [0.1, 0.15) is 5.82 Å². The number of benzene rings is 1. The molecule has 0 saturated carbocycles. The summed E-state index contributed by atoms with van der Waals surface area (Å²) in [5, 5.41) is 17.5. The Kier molecular flexibility index (Phi) is 3.28. The maximum absolute atomic E-state index is 13.1. The molecule has 4 nitrogen and oxygen atoms in total. The van der Waals surface area contributed by atoms with Gasteiger partial charge in [0.05, 0.1) is 5.56 Å². The van der Waals surface area contributed by atoms with Crippen molar-refractivity contribution in [3.05, 3.63) is 29.1 Å². The SMILES string of the molecule is Nc1cc(C(F)(F)F)c(F)cc1C(O)C(=O)O. The number of nitrogens with two attached hydrogens (primary N) is 1. The minimum atomic E-state index is -4.94. The fraction of sp³-hybridized carbons (Fsp3) is 0.222. The minimum Gasteiger partial charge on any atom is -0.479 e. The number of carboxylic acid groups (broad SMARTS) is 1. The first kappa shape index (κ1) is 13.2. The van der Waals surface area contributed by atoms with Gasteiger partial charge < -0.3 is 15.9 Å². The first-order chi connectivity index (χ1) is 7.64. The van der Waals surface area contributed by atoms with Crippen LogP contribution in [0.4, 0.5) is 23.2 Å². The molecule has 1 aromatic rings. The van der Waals surface area contributed by atoms with E-state index < -0.39 is 40.9 Å². The van der Waals surface area contributed by atoms with Crippen LogP contribution in [0.1, 0.15) is 17.2 Å². The van der Waals surface area contributed by atoms with Crippen molar-refractivity contribution in [1.29, 1.82) is 0 Å². The van der Waals surface area contributed by atoms with Gasteiger partial charge in [0.2, 0.25) is 0 Å². The molecule has 1 unspecified atom stereocenters. The average molecular weight is 253 g/mol. The second kappa shape index (κ2) is 4.21. The third kappa shape index (κ3) is 2.64. The Morgan fingerprint density at radius 3 is 2.29 bits per heavy atom. The molecule has 17 heavy (non-hydrogen) atoms. The zero-order chi connectivity index (χ0) is 13.4. The van der Waals surface area contributed by atoms with E-state index in [1.54, 1.807) is 0 Å². The van der Waals surface area contributed by atoms with Crippen molar-refractivity contribution in [1.82, 2.24) is 0 Å². The lowest BCUT2D eigenvalue weighted by Gasteiger charge is -2.13. The summed E-state index contributed by atoms with van der Waals surface area (Å²) in [5.74, 6) is -3.43. The number of aliphatic hydroxyl groups is 1. The molecule has 94 valence electrons. The summed E-state index contributed by atoms with van der Waals surface area (Å²) >= 11 is 0. The molecule has 0 aliphatic carbocycles. The number of aliphatic carboxylic acids is 1. The number of nitrogen functional groups attached to an aromatic ring is 1. The first-order valence-corrected chi connectivity index (χ1v) is 4.21. The molecule has 0 saturated heterocycles. The molecule has 0 amide bonds. The number of carbonyl (C=O) groups is 1. The Bertz CT molecular complexity index is 458. The van der Waals surface area contributed by atoms with E-state index in [4.69, 9.17) is 15.9 Å². The summed E-state index contributed by atoms with van der Waals surface area (Å²) in [7, 11) is 0. The number of halogens is 4. The lowest BCUT2D eigenvalue weighted by molar-refractivity contribution is -0.146. The molecule has 1 rings (SSSR count). The van der Waals surface area contributed by atoms with Gasteiger partial charge in [-0.3, -0.25) is 0 Å². The van der Waals surface area contributed by atoms with Crippen LogP contribution in [0.15, 0.2) is 12.1 Å². The van der Waals surface area contributed by atoms with Gasteiger partial charge in [0.15, 0.2) is 6.10 Å². The predicted molar refractivity (Wildman–Crippen MR) is 48.4 cm³/mol. The van der Waals surface area contributed by atoms with Crippen molar-refractivity contribution in [2.75, 3.05) is 5.73 Å². The normalized spacial score (nSPS) is 13.5. The molecule has 0 radical (unpaired) electrons. The molecule has 0 heterocycles. The highest BCUT2D eigenvalue weighted by Crippen LogP contribution is 2.35. The van der Waals surface area contributed by atoms with Crippen molar-refractivity contribution >= 4 is 11.7 Å². The Balaban J connectivity index is 3.33. The molecular weight excluding hydrogens is 246 g/mol. The summed E-state index contributed by atoms with van der Waals surface area (Å²) in [6.45, 7) is 0. The van der Waals surface area contributed by atoms with E-state index in [9.17, 15) is 22.4 Å². The second-order valence-electron chi connectivity index (χ2n) is 3.20. The summed E-state index contributed by atoms with van der Waals surface area (Å²) in [6, 6.07) is 0.508. The van der Waals surface area contributed by atoms with Crippen LogP contribution in [0.5, 0.6) is 0 Å². The summed E-state index contributed by atoms with van der Waals surface area (Å²) in [4.78, 5) is 10.4. The Morgan fingerprint density at radius 1 is 1.35 bits per heavy atom. The lowest BCUT2D eigenvalue weighted by atomic mass is 10.0. The highest BCUT2D eigenvalue weighted by molar-refractivity contribution is 5.76. The highest BCUT2D eigenvalue weighted by atomic mass is 19.4. The largest absolute Gasteiger partial charge is 0.479 e. The molecule has 0 aliphatic heterocycles. The number of hydrogen-bond donors (Lipinski definition) is 3. The van der Waals surface area contributed by atoms with Gasteiger partial charge >= 0.3 is 12.1 Å². The van der Waals surface area contributed by atoms with Crippen molar-refractivity contribution in [3.8, 4) is 0 Å². The number of alkyl halides is 3. The van der Waals surface area contributed by atoms with Gasteiger partial charge in [0, 0.05) is 11.3 Å². The van der Waals surface area contributed by atoms with Crippen LogP contribution in [0, 0.1) is 5.82 Å². The molecule has 1 atom stereocenters. The first-order valence-electron chi connectivity index (χ1n) is 4.21. The van der Waals surface area contributed by atoms with Gasteiger partial charge in [-0.25, -0.2) is 9.18 Å². The average Bonchev–Trinajstić information content (AvgIpc) is 2.18. The van der Waals surface area contributed by atoms with Crippen molar-refractivity contribution in [2.24, 2.45) is 0 Å². The number of carboxylic acids is 1. The van der Waals surface area contributed by atoms with Gasteiger partial charge in [-0.2, -0.15) is 13.2 Å². The molecule has 0 aliphatic rings. The van der Waals surface area contributed by atoms with Crippen LogP contribution in [0.2, 0.25) is 0 Å². The van der Waals surface area contributed by atoms with E-state index >= 15 is 0 Å². The molecular formula is C9H7F4NO3. The van der Waals surface area contributed by atoms with E-state index in [0.29, 0.717) is 0 Å². The third-order valence-electron chi connectivity index (χ3n) is 2.01. The number of aliphatic hydroxyl groups excluding tert-OH is 1. The summed E-state index contributed by atoms with van der Waals surface area (Å²) in [6.07, 6.45) is -7.11. The van der Waals surface area contributed by atoms with Crippen molar-refractivity contribution in [2.45, 2.75) is 12.3 Å². The fourth-order valence-corrected chi connectivity index (χ4v) is 1.19. The molecule has 4 N–H and O–H groups in total. The van der Waals surface area contributed by atoms with Gasteiger partial charge in [-0.1, -0.05) is 0 Å². The maximum Gasteiger partial charge on any atom is 0.419 e. The molecule has 8 heteroatoms. The van der Waals surface area contributed by atoms with Crippen LogP contribution < -0.4 is 5.73 Å². The van der Waals surface area contributed by atoms with Crippen molar-refractivity contribution in [3.63, 3.8) is 0 Å². The van der Waals surface area contributed by atoms with Crippen LogP contribution >= 0.6 is 0 Å². The standard InChI is InChI=1S/C9H7F4NO3/c10-5-1-3(7(15)8(16)17)6(14)2-4(5)9(11,12)13/h1-2,7,15H,14H2,(H,16,17). The van der Waals surface area contributed by atoms with E-state index in [1.165, 1.54) is 0 Å². The number of anilines is 1. The second-order valence-corrected chi connectivity index (χ2v) is 3.20. The summed E-state index contributed by atoms with van der Waals surface area (Å²) in [5.41, 5.74) is 2.25.